The number of carboxylic acids is 1. The minimum atomic E-state index is -0.916. The molecule has 3 atom stereocenters. The second-order valence-corrected chi connectivity index (χ2v) is 5.22. The van der Waals surface area contributed by atoms with Gasteiger partial charge in [-0.2, -0.15) is 0 Å². The van der Waals surface area contributed by atoms with Gasteiger partial charge in [-0.1, -0.05) is 30.3 Å². The number of benzene rings is 1. The van der Waals surface area contributed by atoms with E-state index in [1.54, 1.807) is 0 Å². The number of hydrogen-bond acceptors (Lipinski definition) is 3. The highest BCUT2D eigenvalue weighted by Gasteiger charge is 2.41. The summed E-state index contributed by atoms with van der Waals surface area (Å²) < 4.78 is 0. The first kappa shape index (κ1) is 14.5. The van der Waals surface area contributed by atoms with Crippen molar-refractivity contribution in [2.45, 2.75) is 25.4 Å². The Morgan fingerprint density at radius 1 is 1.20 bits per heavy atom. The number of aliphatic hydroxyl groups is 1. The molecular weight excluding hydrogens is 258 g/mol. The Balaban J connectivity index is 1.75. The number of carboxylic acid groups (broad SMARTS) is 1. The molecule has 5 heteroatoms. The molecule has 1 saturated carbocycles. The van der Waals surface area contributed by atoms with E-state index in [1.807, 2.05) is 30.3 Å². The zero-order chi connectivity index (χ0) is 14.5. The van der Waals surface area contributed by atoms with Crippen LogP contribution in [0.5, 0.6) is 0 Å². The molecule has 1 aliphatic rings. The molecular formula is C15H19NO4. The molecule has 3 unspecified atom stereocenters. The Morgan fingerprint density at radius 3 is 2.40 bits per heavy atom. The third-order valence-corrected chi connectivity index (χ3v) is 3.75. The Hall–Kier alpha value is -1.88. The van der Waals surface area contributed by atoms with Crippen LogP contribution >= 0.6 is 0 Å². The minimum Gasteiger partial charge on any atom is -0.481 e. The summed E-state index contributed by atoms with van der Waals surface area (Å²) in [6.45, 7) is 0.149. The van der Waals surface area contributed by atoms with Crippen molar-refractivity contribution in [1.82, 2.24) is 5.32 Å². The predicted octanol–water partition coefficient (Wildman–Crippen LogP) is 0.817. The molecule has 5 nitrogen and oxygen atoms in total. The maximum atomic E-state index is 11.8. The Labute approximate surface area is 117 Å². The van der Waals surface area contributed by atoms with E-state index in [-0.39, 0.29) is 12.5 Å². The second-order valence-electron chi connectivity index (χ2n) is 5.22. The molecule has 20 heavy (non-hydrogen) atoms. The molecule has 3 N–H and O–H groups in total. The first-order valence-electron chi connectivity index (χ1n) is 6.80. The maximum Gasteiger partial charge on any atom is 0.307 e. The van der Waals surface area contributed by atoms with Crippen molar-refractivity contribution < 1.29 is 19.8 Å². The van der Waals surface area contributed by atoms with Gasteiger partial charge in [0.1, 0.15) is 0 Å². The lowest BCUT2D eigenvalue weighted by Crippen LogP contribution is -2.46. The summed E-state index contributed by atoms with van der Waals surface area (Å²) in [5.74, 6) is -2.20. The number of carbonyl (C=O) groups excluding carboxylic acids is 1. The highest BCUT2D eigenvalue weighted by atomic mass is 16.4. The average molecular weight is 277 g/mol. The molecule has 1 amide bonds. The molecule has 0 saturated heterocycles. The molecule has 1 aromatic rings. The van der Waals surface area contributed by atoms with E-state index in [1.165, 1.54) is 0 Å². The standard InChI is InChI=1S/C15H19NO4/c17-11(8-10-4-2-1-3-5-10)9-16-14(18)12-6-7-13(12)15(19)20/h1-5,11-13,17H,6-9H2,(H,16,18)(H,19,20). The number of carbonyl (C=O) groups is 2. The third kappa shape index (κ3) is 3.57. The summed E-state index contributed by atoms with van der Waals surface area (Å²) >= 11 is 0. The van der Waals surface area contributed by atoms with Crippen molar-refractivity contribution in [2.24, 2.45) is 11.8 Å². The van der Waals surface area contributed by atoms with Gasteiger partial charge >= 0.3 is 5.97 Å². The zero-order valence-corrected chi connectivity index (χ0v) is 11.2. The summed E-state index contributed by atoms with van der Waals surface area (Å²) in [5, 5.41) is 21.4. The molecule has 0 heterocycles. The molecule has 0 spiro atoms. The largest absolute Gasteiger partial charge is 0.481 e. The van der Waals surface area contributed by atoms with Crippen LogP contribution in [0.15, 0.2) is 30.3 Å². The quantitative estimate of drug-likeness (QED) is 0.718. The van der Waals surface area contributed by atoms with Gasteiger partial charge in [0.15, 0.2) is 0 Å². The Bertz CT molecular complexity index is 474. The van der Waals surface area contributed by atoms with Gasteiger partial charge in [-0.3, -0.25) is 9.59 Å². The highest BCUT2D eigenvalue weighted by molar-refractivity contribution is 5.86. The zero-order valence-electron chi connectivity index (χ0n) is 11.2. The monoisotopic (exact) mass is 277 g/mol. The van der Waals surface area contributed by atoms with Crippen LogP contribution in [0.25, 0.3) is 0 Å². The topological polar surface area (TPSA) is 86.6 Å². The minimum absolute atomic E-state index is 0.149. The van der Waals surface area contributed by atoms with Crippen LogP contribution in [0.3, 0.4) is 0 Å². The smallest absolute Gasteiger partial charge is 0.307 e. The van der Waals surface area contributed by atoms with Gasteiger partial charge in [-0.25, -0.2) is 0 Å². The van der Waals surface area contributed by atoms with Crippen LogP contribution in [-0.4, -0.2) is 34.7 Å². The second kappa shape index (κ2) is 6.52. The molecule has 1 fully saturated rings. The fourth-order valence-corrected chi connectivity index (χ4v) is 2.42. The molecule has 2 rings (SSSR count). The van der Waals surface area contributed by atoms with Crippen molar-refractivity contribution in [3.63, 3.8) is 0 Å². The Kier molecular flexibility index (Phi) is 4.74. The summed E-state index contributed by atoms with van der Waals surface area (Å²) in [5.41, 5.74) is 1.00. The van der Waals surface area contributed by atoms with Crippen LogP contribution in [0.1, 0.15) is 18.4 Å². The Morgan fingerprint density at radius 2 is 1.85 bits per heavy atom. The van der Waals surface area contributed by atoms with E-state index in [2.05, 4.69) is 5.32 Å². The molecule has 0 radical (unpaired) electrons. The van der Waals surface area contributed by atoms with Gasteiger partial charge in [-0.05, 0) is 18.4 Å². The van der Waals surface area contributed by atoms with Crippen molar-refractivity contribution in [3.05, 3.63) is 35.9 Å². The van der Waals surface area contributed by atoms with E-state index in [9.17, 15) is 14.7 Å². The van der Waals surface area contributed by atoms with E-state index in [4.69, 9.17) is 5.11 Å². The molecule has 1 aliphatic carbocycles. The van der Waals surface area contributed by atoms with E-state index >= 15 is 0 Å². The highest BCUT2D eigenvalue weighted by Crippen LogP contribution is 2.34. The first-order valence-corrected chi connectivity index (χ1v) is 6.80. The first-order chi connectivity index (χ1) is 9.58. The molecule has 0 bridgehead atoms. The normalized spacial score (nSPS) is 22.6. The van der Waals surface area contributed by atoms with Crippen LogP contribution in [0, 0.1) is 11.8 Å². The van der Waals surface area contributed by atoms with Crippen molar-refractivity contribution in [3.8, 4) is 0 Å². The van der Waals surface area contributed by atoms with Crippen molar-refractivity contribution in [2.75, 3.05) is 6.54 Å². The van der Waals surface area contributed by atoms with Crippen LogP contribution in [-0.2, 0) is 16.0 Å². The summed E-state index contributed by atoms with van der Waals surface area (Å²) in [6, 6.07) is 9.52. The van der Waals surface area contributed by atoms with Gasteiger partial charge in [0.25, 0.3) is 0 Å². The summed E-state index contributed by atoms with van der Waals surface area (Å²) in [4.78, 5) is 22.7. The lowest BCUT2D eigenvalue weighted by Gasteiger charge is -2.32. The lowest BCUT2D eigenvalue weighted by molar-refractivity contribution is -0.152. The van der Waals surface area contributed by atoms with Crippen LogP contribution in [0.4, 0.5) is 0 Å². The van der Waals surface area contributed by atoms with E-state index in [0.29, 0.717) is 19.3 Å². The predicted molar refractivity (Wildman–Crippen MR) is 73.0 cm³/mol. The summed E-state index contributed by atoms with van der Waals surface area (Å²) in [6.07, 6.45) is 0.968. The van der Waals surface area contributed by atoms with Gasteiger partial charge in [0.2, 0.25) is 5.91 Å². The van der Waals surface area contributed by atoms with Gasteiger partial charge in [-0.15, -0.1) is 0 Å². The van der Waals surface area contributed by atoms with Crippen LogP contribution in [0.2, 0.25) is 0 Å². The van der Waals surface area contributed by atoms with E-state index < -0.39 is 23.9 Å². The third-order valence-electron chi connectivity index (χ3n) is 3.75. The fourth-order valence-electron chi connectivity index (χ4n) is 2.42. The average Bonchev–Trinajstić information content (AvgIpc) is 2.35. The van der Waals surface area contributed by atoms with Crippen LogP contribution < -0.4 is 5.32 Å². The number of hydrogen-bond donors (Lipinski definition) is 3. The molecule has 0 aliphatic heterocycles. The van der Waals surface area contributed by atoms with Gasteiger partial charge in [0, 0.05) is 13.0 Å². The fraction of sp³-hybridized carbons (Fsp3) is 0.467. The molecule has 108 valence electrons. The number of aliphatic carboxylic acids is 1. The van der Waals surface area contributed by atoms with Gasteiger partial charge in [0.05, 0.1) is 17.9 Å². The number of amides is 1. The van der Waals surface area contributed by atoms with Crippen molar-refractivity contribution >= 4 is 11.9 Å². The maximum absolute atomic E-state index is 11.8. The number of aliphatic hydroxyl groups excluding tert-OH is 1. The number of rotatable bonds is 6. The SMILES string of the molecule is O=C(O)C1CCC1C(=O)NCC(O)Cc1ccccc1. The van der Waals surface area contributed by atoms with E-state index in [0.717, 1.165) is 5.56 Å². The lowest BCUT2D eigenvalue weighted by atomic mass is 9.73. The number of nitrogens with one attached hydrogen (secondary N) is 1. The molecule has 1 aromatic carbocycles. The van der Waals surface area contributed by atoms with Gasteiger partial charge < -0.3 is 15.5 Å². The van der Waals surface area contributed by atoms with Crippen molar-refractivity contribution in [1.29, 1.82) is 0 Å². The molecule has 0 aromatic heterocycles. The summed E-state index contributed by atoms with van der Waals surface area (Å²) in [7, 11) is 0.